The Morgan fingerprint density at radius 1 is 1.04 bits per heavy atom. The van der Waals surface area contributed by atoms with Gasteiger partial charge in [0, 0.05) is 11.6 Å². The molecule has 1 aliphatic rings. The van der Waals surface area contributed by atoms with Crippen molar-refractivity contribution >= 4 is 17.5 Å². The molecule has 5 N–H and O–H groups in total. The molecule has 1 atom stereocenters. The van der Waals surface area contributed by atoms with Gasteiger partial charge in [-0.3, -0.25) is 0 Å². The largest absolute Gasteiger partial charge is 0.396 e. The van der Waals surface area contributed by atoms with Gasteiger partial charge in [-0.05, 0) is 36.1 Å². The molecule has 0 bridgehead atoms. The summed E-state index contributed by atoms with van der Waals surface area (Å²) in [6.45, 7) is 0. The van der Waals surface area contributed by atoms with Crippen molar-refractivity contribution in [2.75, 3.05) is 16.8 Å². The number of fused-ring (bicyclic) bond motifs is 1. The molecule has 1 heterocycles. The second-order valence-corrected chi connectivity index (χ2v) is 6.17. The lowest BCUT2D eigenvalue weighted by atomic mass is 10.1. The van der Waals surface area contributed by atoms with Crippen LogP contribution in [-0.4, -0.2) is 9.97 Å². The fourth-order valence-corrected chi connectivity index (χ4v) is 3.26. The Labute approximate surface area is 144 Å². The molecule has 4 rings (SSSR count). The number of nitrogen functional groups attached to an aromatic ring is 2. The van der Waals surface area contributed by atoms with Crippen molar-refractivity contribution in [1.82, 2.24) is 9.97 Å². The second kappa shape index (κ2) is 6.05. The zero-order chi connectivity index (χ0) is 17.4. The van der Waals surface area contributed by atoms with Crippen LogP contribution in [0.15, 0.2) is 48.5 Å². The van der Waals surface area contributed by atoms with Gasteiger partial charge in [0.25, 0.3) is 0 Å². The van der Waals surface area contributed by atoms with E-state index < -0.39 is 5.82 Å². The van der Waals surface area contributed by atoms with E-state index in [2.05, 4.69) is 33.5 Å². The molecule has 0 fully saturated rings. The average molecular weight is 335 g/mol. The van der Waals surface area contributed by atoms with Crippen molar-refractivity contribution in [3.63, 3.8) is 0 Å². The number of nitrogens with zero attached hydrogens (tertiary/aromatic N) is 2. The predicted octanol–water partition coefficient (Wildman–Crippen LogP) is 3.55. The summed E-state index contributed by atoms with van der Waals surface area (Å²) in [5.74, 6) is 0.291. The van der Waals surface area contributed by atoms with Gasteiger partial charge in [0.05, 0.1) is 17.4 Å². The summed E-state index contributed by atoms with van der Waals surface area (Å²) >= 11 is 0. The van der Waals surface area contributed by atoms with Crippen molar-refractivity contribution in [1.29, 1.82) is 0 Å². The number of nitrogens with one attached hydrogen (secondary N) is 1. The van der Waals surface area contributed by atoms with E-state index in [4.69, 9.17) is 11.5 Å². The summed E-state index contributed by atoms with van der Waals surface area (Å²) in [4.78, 5) is 8.49. The van der Waals surface area contributed by atoms with Crippen LogP contribution >= 0.6 is 0 Å². The van der Waals surface area contributed by atoms with Gasteiger partial charge in [-0.15, -0.1) is 0 Å². The smallest absolute Gasteiger partial charge is 0.222 e. The van der Waals surface area contributed by atoms with E-state index in [1.54, 1.807) is 12.1 Å². The molecule has 1 aromatic heterocycles. The van der Waals surface area contributed by atoms with Gasteiger partial charge in [0.2, 0.25) is 5.95 Å². The van der Waals surface area contributed by atoms with Crippen LogP contribution in [-0.2, 0) is 6.42 Å². The highest BCUT2D eigenvalue weighted by molar-refractivity contribution is 5.66. The van der Waals surface area contributed by atoms with Crippen LogP contribution < -0.4 is 16.8 Å². The first-order valence-corrected chi connectivity index (χ1v) is 8.14. The Morgan fingerprint density at radius 3 is 2.72 bits per heavy atom. The minimum absolute atomic E-state index is 0.103. The maximum Gasteiger partial charge on any atom is 0.222 e. The molecule has 6 heteroatoms. The van der Waals surface area contributed by atoms with E-state index in [9.17, 15) is 4.39 Å². The van der Waals surface area contributed by atoms with E-state index in [0.29, 0.717) is 17.1 Å². The number of halogens is 1. The number of benzene rings is 2. The number of anilines is 3. The third kappa shape index (κ3) is 2.98. The van der Waals surface area contributed by atoms with Crippen molar-refractivity contribution in [2.24, 2.45) is 0 Å². The normalized spacial score (nSPS) is 15.8. The number of rotatable bonds is 3. The van der Waals surface area contributed by atoms with Gasteiger partial charge in [0.15, 0.2) is 0 Å². The minimum atomic E-state index is -0.478. The maximum absolute atomic E-state index is 13.7. The summed E-state index contributed by atoms with van der Waals surface area (Å²) in [6.07, 6.45) is 2.03. The molecular weight excluding hydrogens is 317 g/mol. The van der Waals surface area contributed by atoms with Gasteiger partial charge in [0.1, 0.15) is 11.6 Å². The van der Waals surface area contributed by atoms with Crippen molar-refractivity contribution in [3.05, 3.63) is 65.5 Å². The number of aromatic nitrogens is 2. The predicted molar refractivity (Wildman–Crippen MR) is 97.4 cm³/mol. The van der Waals surface area contributed by atoms with E-state index in [1.165, 1.54) is 23.3 Å². The van der Waals surface area contributed by atoms with Crippen LogP contribution in [0.25, 0.3) is 11.3 Å². The first kappa shape index (κ1) is 15.4. The topological polar surface area (TPSA) is 89.8 Å². The standard InChI is InChI=1S/C19H18FN5/c20-14-9-12(5-7-15(14)21)17-10-18(25-19(22)24-17)23-16-8-6-11-3-1-2-4-13(11)16/h1-5,7,9-10,16H,6,8,21H2,(H3,22,23,24,25). The SMILES string of the molecule is Nc1nc(NC2CCc3ccccc32)cc(-c2ccc(N)c(F)c2)n1. The molecule has 0 saturated carbocycles. The van der Waals surface area contributed by atoms with Crippen LogP contribution in [0, 0.1) is 5.82 Å². The molecule has 126 valence electrons. The van der Waals surface area contributed by atoms with Gasteiger partial charge < -0.3 is 16.8 Å². The first-order valence-electron chi connectivity index (χ1n) is 8.14. The summed E-state index contributed by atoms with van der Waals surface area (Å²) in [6, 6.07) is 14.9. The van der Waals surface area contributed by atoms with Crippen molar-refractivity contribution in [2.45, 2.75) is 18.9 Å². The average Bonchev–Trinajstić information content (AvgIpc) is 3.00. The van der Waals surface area contributed by atoms with Crippen LogP contribution in [0.2, 0.25) is 0 Å². The molecule has 5 nitrogen and oxygen atoms in total. The van der Waals surface area contributed by atoms with Gasteiger partial charge in [-0.2, -0.15) is 4.98 Å². The molecule has 1 unspecified atom stereocenters. The van der Waals surface area contributed by atoms with E-state index in [-0.39, 0.29) is 17.7 Å². The number of aryl methyl sites for hydroxylation is 1. The van der Waals surface area contributed by atoms with Crippen molar-refractivity contribution in [3.8, 4) is 11.3 Å². The third-order valence-corrected chi connectivity index (χ3v) is 4.49. The maximum atomic E-state index is 13.7. The van der Waals surface area contributed by atoms with Gasteiger partial charge >= 0.3 is 0 Å². The van der Waals surface area contributed by atoms with Crippen LogP contribution in [0.1, 0.15) is 23.6 Å². The fourth-order valence-electron chi connectivity index (χ4n) is 3.26. The second-order valence-electron chi connectivity index (χ2n) is 6.17. The molecule has 0 saturated heterocycles. The van der Waals surface area contributed by atoms with Crippen molar-refractivity contribution < 1.29 is 4.39 Å². The minimum Gasteiger partial charge on any atom is -0.396 e. The molecule has 0 radical (unpaired) electrons. The molecule has 0 spiro atoms. The molecule has 1 aliphatic carbocycles. The van der Waals surface area contributed by atoms with E-state index >= 15 is 0 Å². The summed E-state index contributed by atoms with van der Waals surface area (Å²) in [7, 11) is 0. The zero-order valence-corrected chi connectivity index (χ0v) is 13.5. The zero-order valence-electron chi connectivity index (χ0n) is 13.5. The highest BCUT2D eigenvalue weighted by Gasteiger charge is 2.22. The Morgan fingerprint density at radius 2 is 1.88 bits per heavy atom. The summed E-state index contributed by atoms with van der Waals surface area (Å²) in [5.41, 5.74) is 15.3. The highest BCUT2D eigenvalue weighted by atomic mass is 19.1. The summed E-state index contributed by atoms with van der Waals surface area (Å²) < 4.78 is 13.7. The van der Waals surface area contributed by atoms with E-state index in [0.717, 1.165) is 12.8 Å². The molecule has 2 aromatic carbocycles. The summed E-state index contributed by atoms with van der Waals surface area (Å²) in [5, 5.41) is 3.42. The van der Waals surface area contributed by atoms with Gasteiger partial charge in [-0.1, -0.05) is 30.3 Å². The molecule has 0 aliphatic heterocycles. The van der Waals surface area contributed by atoms with Gasteiger partial charge in [-0.25, -0.2) is 9.37 Å². The first-order chi connectivity index (χ1) is 12.1. The number of hydrogen-bond donors (Lipinski definition) is 3. The van der Waals surface area contributed by atoms with Crippen LogP contribution in [0.5, 0.6) is 0 Å². The number of hydrogen-bond acceptors (Lipinski definition) is 5. The monoisotopic (exact) mass is 335 g/mol. The molecule has 0 amide bonds. The van der Waals surface area contributed by atoms with Crippen LogP contribution in [0.4, 0.5) is 21.8 Å². The molecule has 3 aromatic rings. The highest BCUT2D eigenvalue weighted by Crippen LogP contribution is 2.34. The Balaban J connectivity index is 1.65. The quantitative estimate of drug-likeness (QED) is 0.637. The lowest BCUT2D eigenvalue weighted by molar-refractivity contribution is 0.633. The fraction of sp³-hybridized carbons (Fsp3) is 0.158. The van der Waals surface area contributed by atoms with Crippen LogP contribution in [0.3, 0.4) is 0 Å². The number of nitrogens with two attached hydrogens (primary N) is 2. The molecule has 25 heavy (non-hydrogen) atoms. The Bertz CT molecular complexity index is 941. The lowest BCUT2D eigenvalue weighted by Crippen LogP contribution is -2.10. The van der Waals surface area contributed by atoms with E-state index in [1.807, 2.05) is 6.07 Å². The molecular formula is C19H18FN5. The Hall–Kier alpha value is -3.15. The third-order valence-electron chi connectivity index (χ3n) is 4.49. The Kier molecular flexibility index (Phi) is 3.72. The lowest BCUT2D eigenvalue weighted by Gasteiger charge is -2.16.